The topological polar surface area (TPSA) is 38.0 Å². The molecule has 17 heavy (non-hydrogen) atoms. The first-order valence-corrected chi connectivity index (χ1v) is 6.90. The van der Waals surface area contributed by atoms with Gasteiger partial charge in [0.25, 0.3) is 0 Å². The van der Waals surface area contributed by atoms with Gasteiger partial charge in [-0.25, -0.2) is 0 Å². The second-order valence-corrected chi connectivity index (χ2v) is 5.04. The molecule has 1 fully saturated rings. The van der Waals surface area contributed by atoms with E-state index in [9.17, 15) is 0 Å². The predicted molar refractivity (Wildman–Crippen MR) is 73.2 cm³/mol. The lowest BCUT2D eigenvalue weighted by atomic mass is 10.0. The summed E-state index contributed by atoms with van der Waals surface area (Å²) >= 11 is 0. The molecule has 0 amide bonds. The highest BCUT2D eigenvalue weighted by Gasteiger charge is 2.19. The molecule has 1 aliphatic carbocycles. The van der Waals surface area contributed by atoms with Gasteiger partial charge in [-0.15, -0.1) is 0 Å². The van der Waals surface area contributed by atoms with Crippen molar-refractivity contribution in [2.75, 3.05) is 13.1 Å². The standard InChI is InChI=1S/C15H24N2/c16-11-10-14-6-4-13(5-7-14)3-1-2-12-17-15-8-9-15/h4-7,15,17H,1-3,8-12,16H2. The largest absolute Gasteiger partial charge is 0.330 e. The predicted octanol–water partition coefficient (Wildman–Crippen LogP) is 2.26. The fraction of sp³-hybridized carbons (Fsp3) is 0.600. The van der Waals surface area contributed by atoms with E-state index >= 15 is 0 Å². The van der Waals surface area contributed by atoms with Crippen molar-refractivity contribution < 1.29 is 0 Å². The highest BCUT2D eigenvalue weighted by atomic mass is 14.9. The third-order valence-corrected chi connectivity index (χ3v) is 3.36. The average molecular weight is 232 g/mol. The molecule has 0 atom stereocenters. The van der Waals surface area contributed by atoms with E-state index in [0.717, 1.165) is 19.0 Å². The Morgan fingerprint density at radius 2 is 1.65 bits per heavy atom. The highest BCUT2D eigenvalue weighted by Crippen LogP contribution is 2.18. The Morgan fingerprint density at radius 3 is 2.24 bits per heavy atom. The molecule has 1 saturated carbocycles. The molecule has 1 aromatic rings. The van der Waals surface area contributed by atoms with Crippen LogP contribution in [-0.2, 0) is 12.8 Å². The Kier molecular flexibility index (Phi) is 5.02. The molecular weight excluding hydrogens is 208 g/mol. The second-order valence-electron chi connectivity index (χ2n) is 5.04. The number of aryl methyl sites for hydroxylation is 1. The summed E-state index contributed by atoms with van der Waals surface area (Å²) in [5.41, 5.74) is 8.34. The Morgan fingerprint density at radius 1 is 1.00 bits per heavy atom. The van der Waals surface area contributed by atoms with Crippen molar-refractivity contribution in [1.82, 2.24) is 5.32 Å². The van der Waals surface area contributed by atoms with Gasteiger partial charge >= 0.3 is 0 Å². The Labute approximate surface area is 105 Å². The quantitative estimate of drug-likeness (QED) is 0.675. The fourth-order valence-electron chi connectivity index (χ4n) is 2.09. The van der Waals surface area contributed by atoms with Gasteiger partial charge in [0.05, 0.1) is 0 Å². The smallest absolute Gasteiger partial charge is 0.00682 e. The van der Waals surface area contributed by atoms with E-state index in [-0.39, 0.29) is 0 Å². The lowest BCUT2D eigenvalue weighted by Crippen LogP contribution is -2.17. The Hall–Kier alpha value is -0.860. The van der Waals surface area contributed by atoms with Gasteiger partial charge in [-0.3, -0.25) is 0 Å². The van der Waals surface area contributed by atoms with Crippen LogP contribution in [0.1, 0.15) is 36.8 Å². The van der Waals surface area contributed by atoms with Gasteiger partial charge in [-0.1, -0.05) is 24.3 Å². The summed E-state index contributed by atoms with van der Waals surface area (Å²) in [5.74, 6) is 0. The van der Waals surface area contributed by atoms with Crippen LogP contribution in [0.5, 0.6) is 0 Å². The number of nitrogens with one attached hydrogen (secondary N) is 1. The van der Waals surface area contributed by atoms with Gasteiger partial charge in [0, 0.05) is 6.04 Å². The number of unbranched alkanes of at least 4 members (excludes halogenated alkanes) is 1. The van der Waals surface area contributed by atoms with Crippen LogP contribution < -0.4 is 11.1 Å². The van der Waals surface area contributed by atoms with Crippen LogP contribution in [0.4, 0.5) is 0 Å². The monoisotopic (exact) mass is 232 g/mol. The zero-order valence-corrected chi connectivity index (χ0v) is 10.6. The minimum atomic E-state index is 0.742. The maximum Gasteiger partial charge on any atom is 0.00682 e. The lowest BCUT2D eigenvalue weighted by molar-refractivity contribution is 0.620. The van der Waals surface area contributed by atoms with Gasteiger partial charge in [-0.05, 0) is 62.7 Å². The summed E-state index contributed by atoms with van der Waals surface area (Å²) in [6, 6.07) is 9.78. The summed E-state index contributed by atoms with van der Waals surface area (Å²) in [6.07, 6.45) is 7.56. The van der Waals surface area contributed by atoms with Crippen molar-refractivity contribution >= 4 is 0 Å². The van der Waals surface area contributed by atoms with Crippen LogP contribution >= 0.6 is 0 Å². The van der Waals surface area contributed by atoms with E-state index in [1.165, 1.54) is 49.8 Å². The van der Waals surface area contributed by atoms with Gasteiger partial charge < -0.3 is 11.1 Å². The van der Waals surface area contributed by atoms with Crippen LogP contribution in [-0.4, -0.2) is 19.1 Å². The molecule has 0 aromatic heterocycles. The zero-order chi connectivity index (χ0) is 11.9. The van der Waals surface area contributed by atoms with E-state index in [4.69, 9.17) is 5.73 Å². The van der Waals surface area contributed by atoms with Crippen molar-refractivity contribution in [2.45, 2.75) is 44.6 Å². The van der Waals surface area contributed by atoms with E-state index in [1.54, 1.807) is 0 Å². The van der Waals surface area contributed by atoms with Crippen molar-refractivity contribution in [3.8, 4) is 0 Å². The molecule has 2 heteroatoms. The first-order valence-electron chi connectivity index (χ1n) is 6.90. The van der Waals surface area contributed by atoms with E-state index in [2.05, 4.69) is 29.6 Å². The minimum Gasteiger partial charge on any atom is -0.330 e. The van der Waals surface area contributed by atoms with Gasteiger partial charge in [0.2, 0.25) is 0 Å². The highest BCUT2D eigenvalue weighted by molar-refractivity contribution is 5.22. The van der Waals surface area contributed by atoms with Crippen LogP contribution in [0.15, 0.2) is 24.3 Å². The molecule has 3 N–H and O–H groups in total. The van der Waals surface area contributed by atoms with E-state index < -0.39 is 0 Å². The number of hydrogen-bond acceptors (Lipinski definition) is 2. The molecule has 1 aliphatic rings. The maximum atomic E-state index is 5.53. The van der Waals surface area contributed by atoms with Crippen molar-refractivity contribution in [1.29, 1.82) is 0 Å². The van der Waals surface area contributed by atoms with Gasteiger partial charge in [-0.2, -0.15) is 0 Å². The van der Waals surface area contributed by atoms with Gasteiger partial charge in [0.15, 0.2) is 0 Å². The number of hydrogen-bond donors (Lipinski definition) is 2. The summed E-state index contributed by atoms with van der Waals surface area (Å²) in [6.45, 7) is 1.93. The van der Waals surface area contributed by atoms with E-state index in [0.29, 0.717) is 0 Å². The van der Waals surface area contributed by atoms with Crippen LogP contribution in [0.2, 0.25) is 0 Å². The second kappa shape index (κ2) is 6.77. The first-order chi connectivity index (χ1) is 8.38. The molecule has 0 heterocycles. The molecule has 0 radical (unpaired) electrons. The fourth-order valence-corrected chi connectivity index (χ4v) is 2.09. The minimum absolute atomic E-state index is 0.742. The average Bonchev–Trinajstić information content (AvgIpc) is 3.15. The Balaban J connectivity index is 1.60. The van der Waals surface area contributed by atoms with Crippen LogP contribution in [0.3, 0.4) is 0 Å². The number of benzene rings is 1. The molecule has 2 nitrogen and oxygen atoms in total. The zero-order valence-electron chi connectivity index (χ0n) is 10.6. The molecule has 94 valence electrons. The van der Waals surface area contributed by atoms with Crippen molar-refractivity contribution in [3.63, 3.8) is 0 Å². The molecule has 0 aliphatic heterocycles. The SMILES string of the molecule is NCCc1ccc(CCCCNC2CC2)cc1. The Bertz CT molecular complexity index is 314. The maximum absolute atomic E-state index is 5.53. The molecule has 0 saturated heterocycles. The molecule has 0 unspecified atom stereocenters. The summed E-state index contributed by atoms with van der Waals surface area (Å²) < 4.78 is 0. The third kappa shape index (κ3) is 4.88. The molecule has 1 aromatic carbocycles. The number of nitrogens with two attached hydrogens (primary N) is 1. The van der Waals surface area contributed by atoms with Crippen LogP contribution in [0, 0.1) is 0 Å². The normalized spacial score (nSPS) is 15.1. The molecular formula is C15H24N2. The first kappa shape index (κ1) is 12.6. The third-order valence-electron chi connectivity index (χ3n) is 3.36. The molecule has 2 rings (SSSR count). The molecule has 0 spiro atoms. The van der Waals surface area contributed by atoms with E-state index in [1.807, 2.05) is 0 Å². The summed E-state index contributed by atoms with van der Waals surface area (Å²) in [7, 11) is 0. The van der Waals surface area contributed by atoms with Crippen molar-refractivity contribution in [3.05, 3.63) is 35.4 Å². The van der Waals surface area contributed by atoms with Crippen LogP contribution in [0.25, 0.3) is 0 Å². The van der Waals surface area contributed by atoms with Crippen molar-refractivity contribution in [2.24, 2.45) is 5.73 Å². The summed E-state index contributed by atoms with van der Waals surface area (Å²) in [4.78, 5) is 0. The lowest BCUT2D eigenvalue weighted by Gasteiger charge is -2.04. The molecule has 0 bridgehead atoms. The van der Waals surface area contributed by atoms with Gasteiger partial charge in [0.1, 0.15) is 0 Å². The number of rotatable bonds is 8. The summed E-state index contributed by atoms with van der Waals surface area (Å²) in [5, 5.41) is 3.55.